The van der Waals surface area contributed by atoms with Crippen molar-refractivity contribution in [3.63, 3.8) is 0 Å². The molecule has 0 aliphatic carbocycles. The quantitative estimate of drug-likeness (QED) is 0.849. The number of pyridine rings is 1. The zero-order valence-corrected chi connectivity index (χ0v) is 9.56. The Balaban J connectivity index is 2.44. The second-order valence-electron chi connectivity index (χ2n) is 3.61. The van der Waals surface area contributed by atoms with Gasteiger partial charge in [-0.2, -0.15) is 5.10 Å². The number of aromatic nitrogens is 3. The number of ether oxygens (including phenoxy) is 1. The van der Waals surface area contributed by atoms with Crippen LogP contribution in [-0.2, 0) is 0 Å². The Morgan fingerprint density at radius 3 is 2.88 bits per heavy atom. The monoisotopic (exact) mass is 218 g/mol. The Bertz CT molecular complexity index is 478. The first kappa shape index (κ1) is 10.5. The first-order chi connectivity index (χ1) is 7.72. The number of methoxy groups -OCH3 is 1. The Hall–Kier alpha value is -2.04. The number of hydrogen-bond acceptors (Lipinski definition) is 4. The molecule has 84 valence electrons. The maximum atomic E-state index is 5.19. The predicted octanol–water partition coefficient (Wildman–Crippen LogP) is 1.55. The number of nitrogens with zero attached hydrogens (tertiary/aromatic N) is 3. The van der Waals surface area contributed by atoms with E-state index in [0.29, 0.717) is 5.88 Å². The molecule has 0 spiro atoms. The maximum Gasteiger partial charge on any atom is 0.216 e. The van der Waals surface area contributed by atoms with Gasteiger partial charge in [-0.1, -0.05) is 0 Å². The SMILES string of the molecule is COc1[nH]ncc1-c1ccnc(N(C)C)c1. The van der Waals surface area contributed by atoms with Gasteiger partial charge in [-0.3, -0.25) is 0 Å². The third-order valence-electron chi connectivity index (χ3n) is 2.32. The zero-order valence-electron chi connectivity index (χ0n) is 9.56. The van der Waals surface area contributed by atoms with Crippen molar-refractivity contribution in [3.8, 4) is 17.0 Å². The van der Waals surface area contributed by atoms with Crippen LogP contribution in [0.15, 0.2) is 24.5 Å². The van der Waals surface area contributed by atoms with E-state index in [1.807, 2.05) is 31.1 Å². The Morgan fingerprint density at radius 2 is 2.19 bits per heavy atom. The summed E-state index contributed by atoms with van der Waals surface area (Å²) in [5, 5.41) is 6.76. The van der Waals surface area contributed by atoms with Crippen LogP contribution in [0.4, 0.5) is 5.82 Å². The molecule has 0 saturated heterocycles. The lowest BCUT2D eigenvalue weighted by Crippen LogP contribution is -2.10. The summed E-state index contributed by atoms with van der Waals surface area (Å²) in [7, 11) is 5.53. The molecule has 16 heavy (non-hydrogen) atoms. The largest absolute Gasteiger partial charge is 0.481 e. The van der Waals surface area contributed by atoms with Crippen molar-refractivity contribution in [1.29, 1.82) is 0 Å². The molecule has 2 rings (SSSR count). The van der Waals surface area contributed by atoms with Crippen molar-refractivity contribution in [2.45, 2.75) is 0 Å². The average molecular weight is 218 g/mol. The number of rotatable bonds is 3. The lowest BCUT2D eigenvalue weighted by Gasteiger charge is -2.11. The van der Waals surface area contributed by atoms with Gasteiger partial charge in [0.05, 0.1) is 18.9 Å². The van der Waals surface area contributed by atoms with Gasteiger partial charge in [0.2, 0.25) is 5.88 Å². The minimum absolute atomic E-state index is 0.663. The van der Waals surface area contributed by atoms with E-state index in [2.05, 4.69) is 15.2 Å². The van der Waals surface area contributed by atoms with Crippen molar-refractivity contribution in [2.24, 2.45) is 0 Å². The Labute approximate surface area is 94.1 Å². The summed E-state index contributed by atoms with van der Waals surface area (Å²) >= 11 is 0. The van der Waals surface area contributed by atoms with Crippen LogP contribution < -0.4 is 9.64 Å². The van der Waals surface area contributed by atoms with Crippen molar-refractivity contribution >= 4 is 5.82 Å². The molecular weight excluding hydrogens is 204 g/mol. The highest BCUT2D eigenvalue weighted by molar-refractivity contribution is 5.70. The first-order valence-electron chi connectivity index (χ1n) is 4.93. The molecule has 5 heteroatoms. The smallest absolute Gasteiger partial charge is 0.216 e. The lowest BCUT2D eigenvalue weighted by atomic mass is 10.1. The van der Waals surface area contributed by atoms with E-state index < -0.39 is 0 Å². The van der Waals surface area contributed by atoms with Gasteiger partial charge in [0, 0.05) is 20.3 Å². The summed E-state index contributed by atoms with van der Waals surface area (Å²) in [6.45, 7) is 0. The van der Waals surface area contributed by atoms with E-state index in [9.17, 15) is 0 Å². The standard InChI is InChI=1S/C11H14N4O/c1-15(2)10-6-8(4-5-12-10)9-7-13-14-11(9)16-3/h4-7H,1-3H3,(H,13,14). The van der Waals surface area contributed by atoms with E-state index in [0.717, 1.165) is 16.9 Å². The molecule has 0 atom stereocenters. The molecule has 0 bridgehead atoms. The molecule has 0 amide bonds. The number of nitrogens with one attached hydrogen (secondary N) is 1. The summed E-state index contributed by atoms with van der Waals surface area (Å²) in [6, 6.07) is 3.92. The molecule has 0 aliphatic rings. The maximum absolute atomic E-state index is 5.19. The molecule has 0 fully saturated rings. The van der Waals surface area contributed by atoms with Crippen molar-refractivity contribution in [1.82, 2.24) is 15.2 Å². The van der Waals surface area contributed by atoms with E-state index >= 15 is 0 Å². The third kappa shape index (κ3) is 1.84. The van der Waals surface area contributed by atoms with Gasteiger partial charge in [0.15, 0.2) is 0 Å². The molecule has 0 aliphatic heterocycles. The highest BCUT2D eigenvalue weighted by Crippen LogP contribution is 2.28. The summed E-state index contributed by atoms with van der Waals surface area (Å²) < 4.78 is 5.19. The zero-order chi connectivity index (χ0) is 11.5. The van der Waals surface area contributed by atoms with Crippen LogP contribution in [0, 0.1) is 0 Å². The average Bonchev–Trinajstić information content (AvgIpc) is 2.77. The van der Waals surface area contributed by atoms with Gasteiger partial charge in [-0.15, -0.1) is 0 Å². The van der Waals surface area contributed by atoms with Gasteiger partial charge >= 0.3 is 0 Å². The highest BCUT2D eigenvalue weighted by Gasteiger charge is 2.09. The van der Waals surface area contributed by atoms with Crippen LogP contribution in [0.1, 0.15) is 0 Å². The van der Waals surface area contributed by atoms with Crippen LogP contribution in [0.25, 0.3) is 11.1 Å². The van der Waals surface area contributed by atoms with Crippen LogP contribution in [0.2, 0.25) is 0 Å². The molecular formula is C11H14N4O. The topological polar surface area (TPSA) is 54.0 Å². The van der Waals surface area contributed by atoms with Gasteiger partial charge in [-0.25, -0.2) is 10.1 Å². The van der Waals surface area contributed by atoms with Gasteiger partial charge in [-0.05, 0) is 17.7 Å². The van der Waals surface area contributed by atoms with Crippen LogP contribution in [-0.4, -0.2) is 36.4 Å². The van der Waals surface area contributed by atoms with E-state index in [1.165, 1.54) is 0 Å². The highest BCUT2D eigenvalue weighted by atomic mass is 16.5. The van der Waals surface area contributed by atoms with E-state index in [-0.39, 0.29) is 0 Å². The van der Waals surface area contributed by atoms with Crippen molar-refractivity contribution < 1.29 is 4.74 Å². The number of anilines is 1. The van der Waals surface area contributed by atoms with Crippen LogP contribution >= 0.6 is 0 Å². The van der Waals surface area contributed by atoms with E-state index in [4.69, 9.17) is 4.74 Å². The summed E-state index contributed by atoms with van der Waals surface area (Å²) in [4.78, 5) is 6.21. The van der Waals surface area contributed by atoms with Gasteiger partial charge in [0.25, 0.3) is 0 Å². The Kier molecular flexibility index (Phi) is 2.76. The minimum Gasteiger partial charge on any atom is -0.481 e. The van der Waals surface area contributed by atoms with Crippen LogP contribution in [0.5, 0.6) is 5.88 Å². The van der Waals surface area contributed by atoms with E-state index in [1.54, 1.807) is 19.5 Å². The number of aromatic amines is 1. The van der Waals surface area contributed by atoms with Gasteiger partial charge in [0.1, 0.15) is 5.82 Å². The first-order valence-corrected chi connectivity index (χ1v) is 4.93. The van der Waals surface area contributed by atoms with Crippen molar-refractivity contribution in [2.75, 3.05) is 26.1 Å². The summed E-state index contributed by atoms with van der Waals surface area (Å²) in [6.07, 6.45) is 3.52. The van der Waals surface area contributed by atoms with Crippen molar-refractivity contribution in [3.05, 3.63) is 24.5 Å². The van der Waals surface area contributed by atoms with Crippen LogP contribution in [0.3, 0.4) is 0 Å². The third-order valence-corrected chi connectivity index (χ3v) is 2.32. The molecule has 1 N–H and O–H groups in total. The molecule has 5 nitrogen and oxygen atoms in total. The van der Waals surface area contributed by atoms with Gasteiger partial charge < -0.3 is 9.64 Å². The molecule has 2 aromatic rings. The lowest BCUT2D eigenvalue weighted by molar-refractivity contribution is 0.398. The number of hydrogen-bond donors (Lipinski definition) is 1. The summed E-state index contributed by atoms with van der Waals surface area (Å²) in [5.41, 5.74) is 1.97. The summed E-state index contributed by atoms with van der Waals surface area (Å²) in [5.74, 6) is 1.57. The normalized spacial score (nSPS) is 10.2. The molecule has 2 aromatic heterocycles. The minimum atomic E-state index is 0.663. The molecule has 0 radical (unpaired) electrons. The fourth-order valence-electron chi connectivity index (χ4n) is 1.47. The predicted molar refractivity (Wildman–Crippen MR) is 62.7 cm³/mol. The Morgan fingerprint density at radius 1 is 1.38 bits per heavy atom. The number of H-pyrrole nitrogens is 1. The molecule has 0 unspecified atom stereocenters. The fraction of sp³-hybridized carbons (Fsp3) is 0.273. The molecule has 0 saturated carbocycles. The second-order valence-corrected chi connectivity index (χ2v) is 3.61. The molecule has 2 heterocycles. The fourth-order valence-corrected chi connectivity index (χ4v) is 1.47. The second kappa shape index (κ2) is 4.22. The molecule has 0 aromatic carbocycles.